The molecule has 0 N–H and O–H groups in total. The summed E-state index contributed by atoms with van der Waals surface area (Å²) in [6.45, 7) is 0.679. The molecule has 0 radical (unpaired) electrons. The Balaban J connectivity index is 1.60. The second kappa shape index (κ2) is 10.0. The summed E-state index contributed by atoms with van der Waals surface area (Å²) < 4.78 is 88.8. The van der Waals surface area contributed by atoms with E-state index in [9.17, 15) is 26.3 Å². The molecule has 0 aliphatic heterocycles. The first-order valence-electron chi connectivity index (χ1n) is 11.3. The molecule has 3 aromatic carbocycles. The molecule has 3 aromatic rings. The average Bonchev–Trinajstić information content (AvgIpc) is 3.25. The summed E-state index contributed by atoms with van der Waals surface area (Å²) in [7, 11) is 3.11. The van der Waals surface area contributed by atoms with Gasteiger partial charge in [-0.1, -0.05) is 24.3 Å². The fraction of sp³-hybridized carbons (Fsp3) is 0.333. The molecule has 4 rings (SSSR count). The van der Waals surface area contributed by atoms with Crippen molar-refractivity contribution >= 4 is 0 Å². The number of ether oxygens (including phenoxy) is 2. The molecule has 9 heteroatoms. The fourth-order valence-corrected chi connectivity index (χ4v) is 4.56. The second-order valence-electron chi connectivity index (χ2n) is 8.83. The predicted octanol–water partition coefficient (Wildman–Crippen LogP) is 6.91. The van der Waals surface area contributed by atoms with Crippen molar-refractivity contribution in [3.63, 3.8) is 0 Å². The molecule has 1 aliphatic rings. The first kappa shape index (κ1) is 25.9. The van der Waals surface area contributed by atoms with Gasteiger partial charge in [-0.2, -0.15) is 26.3 Å². The van der Waals surface area contributed by atoms with E-state index < -0.39 is 23.5 Å². The van der Waals surface area contributed by atoms with Crippen LogP contribution in [0.15, 0.2) is 60.7 Å². The van der Waals surface area contributed by atoms with Crippen LogP contribution in [0.2, 0.25) is 0 Å². The van der Waals surface area contributed by atoms with Gasteiger partial charge in [0, 0.05) is 19.1 Å². The maximum atomic E-state index is 13.0. The van der Waals surface area contributed by atoms with Crippen LogP contribution in [0.3, 0.4) is 0 Å². The van der Waals surface area contributed by atoms with Crippen molar-refractivity contribution in [2.45, 2.75) is 44.3 Å². The number of hydrogen-bond acceptors (Lipinski definition) is 3. The first-order chi connectivity index (χ1) is 17.0. The number of fused-ring (bicyclic) bond motifs is 1. The van der Waals surface area contributed by atoms with E-state index in [0.717, 1.165) is 35.4 Å². The van der Waals surface area contributed by atoms with Gasteiger partial charge in [0.25, 0.3) is 0 Å². The lowest BCUT2D eigenvalue weighted by Crippen LogP contribution is -2.35. The molecular formula is C27H25F6NO2. The van der Waals surface area contributed by atoms with Crippen LogP contribution < -0.4 is 9.47 Å². The van der Waals surface area contributed by atoms with Crippen LogP contribution in [-0.4, -0.2) is 25.2 Å². The van der Waals surface area contributed by atoms with Crippen molar-refractivity contribution in [1.29, 1.82) is 0 Å². The highest BCUT2D eigenvalue weighted by Crippen LogP contribution is 2.37. The van der Waals surface area contributed by atoms with Gasteiger partial charge in [0.15, 0.2) is 11.5 Å². The topological polar surface area (TPSA) is 21.7 Å². The van der Waals surface area contributed by atoms with E-state index >= 15 is 0 Å². The van der Waals surface area contributed by atoms with Crippen LogP contribution in [-0.2, 0) is 38.3 Å². The van der Waals surface area contributed by atoms with Gasteiger partial charge in [0.2, 0.25) is 0 Å². The van der Waals surface area contributed by atoms with Gasteiger partial charge in [-0.25, -0.2) is 0 Å². The van der Waals surface area contributed by atoms with Gasteiger partial charge in [-0.3, -0.25) is 4.90 Å². The molecule has 0 saturated carbocycles. The van der Waals surface area contributed by atoms with Gasteiger partial charge in [-0.05, 0) is 71.5 Å². The lowest BCUT2D eigenvalue weighted by atomic mass is 10.1. The van der Waals surface area contributed by atoms with Gasteiger partial charge < -0.3 is 9.47 Å². The first-order valence-corrected chi connectivity index (χ1v) is 11.3. The highest BCUT2D eigenvalue weighted by atomic mass is 19.4. The standard InChI is InChI=1S/C27H25F6NO2/c1-35-24-13-19-11-23(12-20(19)14-25(24)36-2)34(15-17-3-7-21(8-4-17)26(28,29)30)16-18-5-9-22(10-6-18)27(31,32)33/h3-10,13-14,23H,11-12,15-16H2,1-2H3. The molecule has 0 fully saturated rings. The molecule has 36 heavy (non-hydrogen) atoms. The van der Waals surface area contributed by atoms with Crippen LogP contribution in [0.4, 0.5) is 26.3 Å². The zero-order chi connectivity index (χ0) is 26.1. The third-order valence-electron chi connectivity index (χ3n) is 6.47. The summed E-state index contributed by atoms with van der Waals surface area (Å²) in [5.41, 5.74) is 2.05. The number of hydrogen-bond donors (Lipinski definition) is 0. The normalized spacial score (nSPS) is 14.2. The molecule has 3 nitrogen and oxygen atoms in total. The van der Waals surface area contributed by atoms with Crippen molar-refractivity contribution in [3.05, 3.63) is 94.0 Å². The Morgan fingerprint density at radius 3 is 1.33 bits per heavy atom. The Bertz CT molecular complexity index is 1090. The molecular weight excluding hydrogens is 484 g/mol. The fourth-order valence-electron chi connectivity index (χ4n) is 4.56. The molecule has 0 bridgehead atoms. The molecule has 0 unspecified atom stereocenters. The summed E-state index contributed by atoms with van der Waals surface area (Å²) in [5, 5.41) is 0. The van der Waals surface area contributed by atoms with Crippen molar-refractivity contribution in [2.24, 2.45) is 0 Å². The highest BCUT2D eigenvalue weighted by molar-refractivity contribution is 5.50. The number of halogens is 6. The Kier molecular flexibility index (Phi) is 7.22. The van der Waals surface area contributed by atoms with Gasteiger partial charge >= 0.3 is 12.4 Å². The minimum Gasteiger partial charge on any atom is -0.493 e. The largest absolute Gasteiger partial charge is 0.493 e. The number of benzene rings is 3. The lowest BCUT2D eigenvalue weighted by Gasteiger charge is -2.29. The minimum absolute atomic E-state index is 0.0126. The summed E-state index contributed by atoms with van der Waals surface area (Å²) >= 11 is 0. The molecule has 0 saturated heterocycles. The zero-order valence-electron chi connectivity index (χ0n) is 19.7. The lowest BCUT2D eigenvalue weighted by molar-refractivity contribution is -0.138. The molecule has 0 aromatic heterocycles. The summed E-state index contributed by atoms with van der Waals surface area (Å²) in [6.07, 6.45) is -7.53. The Morgan fingerprint density at radius 2 is 1.03 bits per heavy atom. The van der Waals surface area contributed by atoms with Crippen molar-refractivity contribution in [2.75, 3.05) is 14.2 Å². The van der Waals surface area contributed by atoms with Crippen LogP contribution in [0.5, 0.6) is 11.5 Å². The minimum atomic E-state index is -4.43. The van der Waals surface area contributed by atoms with Gasteiger partial charge in [0.05, 0.1) is 25.3 Å². The third kappa shape index (κ3) is 5.78. The monoisotopic (exact) mass is 509 g/mol. The van der Waals surface area contributed by atoms with E-state index in [1.807, 2.05) is 12.1 Å². The molecule has 0 heterocycles. The second-order valence-corrected chi connectivity index (χ2v) is 8.83. The van der Waals surface area contributed by atoms with E-state index in [1.165, 1.54) is 24.3 Å². The molecule has 0 amide bonds. The average molecular weight is 509 g/mol. The number of methoxy groups -OCH3 is 2. The van der Waals surface area contributed by atoms with Gasteiger partial charge in [-0.15, -0.1) is 0 Å². The SMILES string of the molecule is COc1cc2c(cc1OC)CC(N(Cc1ccc(C(F)(F)F)cc1)Cc1ccc(C(F)(F)F)cc1)C2. The number of nitrogens with zero attached hydrogens (tertiary/aromatic N) is 1. The smallest absolute Gasteiger partial charge is 0.416 e. The Labute approximate surface area is 205 Å². The quantitative estimate of drug-likeness (QED) is 0.323. The summed E-state index contributed by atoms with van der Waals surface area (Å²) in [6, 6.07) is 13.8. The van der Waals surface area contributed by atoms with Crippen LogP contribution in [0.1, 0.15) is 33.4 Å². The van der Waals surface area contributed by atoms with Crippen molar-refractivity contribution in [3.8, 4) is 11.5 Å². The van der Waals surface area contributed by atoms with Crippen LogP contribution in [0.25, 0.3) is 0 Å². The van der Waals surface area contributed by atoms with E-state index in [1.54, 1.807) is 14.2 Å². The van der Waals surface area contributed by atoms with Crippen LogP contribution >= 0.6 is 0 Å². The zero-order valence-corrected chi connectivity index (χ0v) is 19.7. The number of rotatable bonds is 7. The molecule has 0 spiro atoms. The van der Waals surface area contributed by atoms with Crippen LogP contribution in [0, 0.1) is 0 Å². The summed E-state index contributed by atoms with van der Waals surface area (Å²) in [5.74, 6) is 1.21. The maximum Gasteiger partial charge on any atom is 0.416 e. The van der Waals surface area contributed by atoms with E-state index in [-0.39, 0.29) is 6.04 Å². The van der Waals surface area contributed by atoms with E-state index in [2.05, 4.69) is 4.90 Å². The third-order valence-corrected chi connectivity index (χ3v) is 6.47. The molecule has 192 valence electrons. The van der Waals surface area contributed by atoms with E-state index in [4.69, 9.17) is 9.47 Å². The van der Waals surface area contributed by atoms with Crippen molar-refractivity contribution < 1.29 is 35.8 Å². The van der Waals surface area contributed by atoms with Crippen molar-refractivity contribution in [1.82, 2.24) is 4.90 Å². The summed E-state index contributed by atoms with van der Waals surface area (Å²) in [4.78, 5) is 2.09. The predicted molar refractivity (Wildman–Crippen MR) is 123 cm³/mol. The number of alkyl halides is 6. The highest BCUT2D eigenvalue weighted by Gasteiger charge is 2.32. The Hall–Kier alpha value is -3.20. The maximum absolute atomic E-state index is 13.0. The Morgan fingerprint density at radius 1 is 0.667 bits per heavy atom. The van der Waals surface area contributed by atoms with Gasteiger partial charge in [0.1, 0.15) is 0 Å². The van der Waals surface area contributed by atoms with E-state index in [0.29, 0.717) is 48.6 Å². The molecule has 0 atom stereocenters. The molecule has 1 aliphatic carbocycles.